The maximum Gasteiger partial charge on any atom is 0.0256 e. The zero-order valence-corrected chi connectivity index (χ0v) is 12.4. The first kappa shape index (κ1) is 12.0. The summed E-state index contributed by atoms with van der Waals surface area (Å²) in [4.78, 5) is 0. The van der Waals surface area contributed by atoms with E-state index >= 15 is 0 Å². The molecule has 2 aromatic rings. The molecule has 1 aliphatic carbocycles. The fraction of sp³-hybridized carbons (Fsp3) is 0.294. The Morgan fingerprint density at radius 2 is 1.56 bits per heavy atom. The highest BCUT2D eigenvalue weighted by Crippen LogP contribution is 2.54. The molecule has 0 amide bonds. The fourth-order valence-electron chi connectivity index (χ4n) is 3.47. The van der Waals surface area contributed by atoms with Crippen molar-refractivity contribution in [3.8, 4) is 11.1 Å². The maximum atomic E-state index is 3.73. The van der Waals surface area contributed by atoms with Gasteiger partial charge in [-0.15, -0.1) is 0 Å². The van der Waals surface area contributed by atoms with Gasteiger partial charge < -0.3 is 0 Å². The van der Waals surface area contributed by atoms with Gasteiger partial charge >= 0.3 is 0 Å². The second-order valence-corrected chi connectivity index (χ2v) is 5.85. The van der Waals surface area contributed by atoms with Gasteiger partial charge in [0.05, 0.1) is 0 Å². The minimum Gasteiger partial charge on any atom is -0.0642 e. The third kappa shape index (κ3) is 1.37. The molecule has 0 N–H and O–H groups in total. The van der Waals surface area contributed by atoms with Crippen LogP contribution >= 0.6 is 15.9 Å². The van der Waals surface area contributed by atoms with E-state index in [2.05, 4.69) is 72.2 Å². The monoisotopic (exact) mass is 300 g/mol. The Kier molecular flexibility index (Phi) is 2.82. The van der Waals surface area contributed by atoms with Gasteiger partial charge in [-0.3, -0.25) is 0 Å². The second kappa shape index (κ2) is 4.24. The van der Waals surface area contributed by atoms with Crippen LogP contribution in [0.1, 0.15) is 37.8 Å². The van der Waals surface area contributed by atoms with Gasteiger partial charge in [0, 0.05) is 15.5 Å². The van der Waals surface area contributed by atoms with Gasteiger partial charge in [0.2, 0.25) is 0 Å². The maximum absolute atomic E-state index is 3.73. The topological polar surface area (TPSA) is 0 Å². The molecular formula is C17H17Br. The molecule has 0 heterocycles. The molecule has 0 unspecified atom stereocenters. The van der Waals surface area contributed by atoms with Gasteiger partial charge in [0.15, 0.2) is 0 Å². The molecule has 0 nitrogen and oxygen atoms in total. The molecular weight excluding hydrogens is 284 g/mol. The summed E-state index contributed by atoms with van der Waals surface area (Å²) in [6.07, 6.45) is 2.31. The van der Waals surface area contributed by atoms with E-state index in [0.29, 0.717) is 0 Å². The van der Waals surface area contributed by atoms with Gasteiger partial charge in [-0.2, -0.15) is 0 Å². The number of benzene rings is 2. The Labute approximate surface area is 117 Å². The van der Waals surface area contributed by atoms with E-state index in [0.717, 1.165) is 12.8 Å². The van der Waals surface area contributed by atoms with Crippen LogP contribution in [0.4, 0.5) is 0 Å². The molecule has 92 valence electrons. The van der Waals surface area contributed by atoms with Gasteiger partial charge in [0.25, 0.3) is 0 Å². The van der Waals surface area contributed by atoms with E-state index in [9.17, 15) is 0 Å². The standard InChI is InChI=1S/C17H17Br/c1-3-17(4-2)13-9-6-5-8-12(13)16-14(17)10-7-11-15(16)18/h5-11H,3-4H2,1-2H3. The second-order valence-electron chi connectivity index (χ2n) is 5.00. The Morgan fingerprint density at radius 1 is 0.889 bits per heavy atom. The molecule has 18 heavy (non-hydrogen) atoms. The minimum atomic E-state index is 0.204. The molecule has 0 saturated carbocycles. The average molecular weight is 301 g/mol. The highest BCUT2D eigenvalue weighted by Gasteiger charge is 2.40. The number of halogens is 1. The molecule has 1 heteroatoms. The van der Waals surface area contributed by atoms with Gasteiger partial charge in [0.1, 0.15) is 0 Å². The predicted molar refractivity (Wildman–Crippen MR) is 80.9 cm³/mol. The van der Waals surface area contributed by atoms with E-state index in [-0.39, 0.29) is 5.41 Å². The lowest BCUT2D eigenvalue weighted by atomic mass is 9.74. The summed E-state index contributed by atoms with van der Waals surface area (Å²) in [5, 5.41) is 0. The van der Waals surface area contributed by atoms with Crippen molar-refractivity contribution in [3.05, 3.63) is 58.1 Å². The Hall–Kier alpha value is -1.08. The summed E-state index contributed by atoms with van der Waals surface area (Å²) in [6.45, 7) is 4.60. The lowest BCUT2D eigenvalue weighted by Crippen LogP contribution is -2.22. The molecule has 0 aromatic heterocycles. The molecule has 3 rings (SSSR count). The highest BCUT2D eigenvalue weighted by atomic mass is 79.9. The molecule has 0 atom stereocenters. The normalized spacial score (nSPS) is 15.3. The SMILES string of the molecule is CCC1(CC)c2ccccc2-c2c(Br)cccc21. The van der Waals surface area contributed by atoms with Crippen LogP contribution < -0.4 is 0 Å². The molecule has 0 aliphatic heterocycles. The van der Waals surface area contributed by atoms with E-state index in [1.165, 1.54) is 26.7 Å². The summed E-state index contributed by atoms with van der Waals surface area (Å²) in [6, 6.07) is 15.5. The predicted octanol–water partition coefficient (Wildman–Crippen LogP) is 5.54. The first-order chi connectivity index (χ1) is 8.74. The zero-order chi connectivity index (χ0) is 12.8. The lowest BCUT2D eigenvalue weighted by molar-refractivity contribution is 0.490. The Bertz CT molecular complexity index is 594. The highest BCUT2D eigenvalue weighted by molar-refractivity contribution is 9.10. The molecule has 0 spiro atoms. The number of hydrogen-bond donors (Lipinski definition) is 0. The smallest absolute Gasteiger partial charge is 0.0256 e. The number of rotatable bonds is 2. The minimum absolute atomic E-state index is 0.204. The molecule has 0 radical (unpaired) electrons. The summed E-state index contributed by atoms with van der Waals surface area (Å²) in [7, 11) is 0. The molecule has 0 fully saturated rings. The van der Waals surface area contributed by atoms with Crippen molar-refractivity contribution in [2.24, 2.45) is 0 Å². The summed E-state index contributed by atoms with van der Waals surface area (Å²) >= 11 is 3.73. The zero-order valence-electron chi connectivity index (χ0n) is 10.8. The third-order valence-electron chi connectivity index (χ3n) is 4.45. The van der Waals surface area contributed by atoms with Crippen LogP contribution in [0.3, 0.4) is 0 Å². The largest absolute Gasteiger partial charge is 0.0642 e. The van der Waals surface area contributed by atoms with E-state index < -0.39 is 0 Å². The van der Waals surface area contributed by atoms with Crippen LogP contribution in [0.2, 0.25) is 0 Å². The van der Waals surface area contributed by atoms with Crippen molar-refractivity contribution < 1.29 is 0 Å². The van der Waals surface area contributed by atoms with Gasteiger partial charge in [-0.1, -0.05) is 66.2 Å². The quantitative estimate of drug-likeness (QED) is 0.683. The van der Waals surface area contributed by atoms with Crippen LogP contribution in [-0.2, 0) is 5.41 Å². The van der Waals surface area contributed by atoms with E-state index in [4.69, 9.17) is 0 Å². The van der Waals surface area contributed by atoms with Crippen LogP contribution in [0, 0.1) is 0 Å². The average Bonchev–Trinajstić information content (AvgIpc) is 2.70. The number of fused-ring (bicyclic) bond motifs is 3. The van der Waals surface area contributed by atoms with Crippen molar-refractivity contribution in [1.29, 1.82) is 0 Å². The van der Waals surface area contributed by atoms with Crippen LogP contribution in [0.5, 0.6) is 0 Å². The van der Waals surface area contributed by atoms with Crippen molar-refractivity contribution in [2.45, 2.75) is 32.1 Å². The van der Waals surface area contributed by atoms with Crippen LogP contribution in [-0.4, -0.2) is 0 Å². The summed E-state index contributed by atoms with van der Waals surface area (Å²) in [5.41, 5.74) is 6.00. The fourth-order valence-corrected chi connectivity index (χ4v) is 4.05. The Morgan fingerprint density at radius 3 is 2.28 bits per heavy atom. The molecule has 1 aliphatic rings. The summed E-state index contributed by atoms with van der Waals surface area (Å²) in [5.74, 6) is 0. The molecule has 2 aromatic carbocycles. The first-order valence-corrected chi connectivity index (χ1v) is 7.42. The summed E-state index contributed by atoms with van der Waals surface area (Å²) < 4.78 is 1.22. The van der Waals surface area contributed by atoms with Gasteiger partial charge in [-0.25, -0.2) is 0 Å². The third-order valence-corrected chi connectivity index (χ3v) is 5.11. The van der Waals surface area contributed by atoms with Crippen molar-refractivity contribution in [3.63, 3.8) is 0 Å². The first-order valence-electron chi connectivity index (χ1n) is 6.63. The van der Waals surface area contributed by atoms with Crippen LogP contribution in [0.15, 0.2) is 46.9 Å². The lowest BCUT2D eigenvalue weighted by Gasteiger charge is -2.29. The molecule has 0 saturated heterocycles. The van der Waals surface area contributed by atoms with Crippen LogP contribution in [0.25, 0.3) is 11.1 Å². The molecule has 0 bridgehead atoms. The van der Waals surface area contributed by atoms with Crippen molar-refractivity contribution in [2.75, 3.05) is 0 Å². The Balaban J connectivity index is 2.42. The van der Waals surface area contributed by atoms with E-state index in [1.54, 1.807) is 0 Å². The van der Waals surface area contributed by atoms with Gasteiger partial charge in [-0.05, 0) is 35.6 Å². The van der Waals surface area contributed by atoms with Crippen molar-refractivity contribution >= 4 is 15.9 Å². The number of hydrogen-bond acceptors (Lipinski definition) is 0. The van der Waals surface area contributed by atoms with E-state index in [1.807, 2.05) is 0 Å². The van der Waals surface area contributed by atoms with Crippen molar-refractivity contribution in [1.82, 2.24) is 0 Å².